The van der Waals surface area contributed by atoms with Gasteiger partial charge in [0.25, 0.3) is 0 Å². The van der Waals surface area contributed by atoms with Gasteiger partial charge in [-0.2, -0.15) is 0 Å². The zero-order valence-electron chi connectivity index (χ0n) is 8.16. The molecule has 2 aromatic rings. The summed E-state index contributed by atoms with van der Waals surface area (Å²) in [6.45, 7) is 1.98. The highest BCUT2D eigenvalue weighted by Gasteiger charge is 2.07. The monoisotopic (exact) mass is 220 g/mol. The van der Waals surface area contributed by atoms with Crippen LogP contribution in [0.3, 0.4) is 0 Å². The lowest BCUT2D eigenvalue weighted by atomic mass is 10.1. The van der Waals surface area contributed by atoms with E-state index in [-0.39, 0.29) is 5.56 Å². The molecule has 1 heterocycles. The predicted molar refractivity (Wildman–Crippen MR) is 59.8 cm³/mol. The zero-order valence-corrected chi connectivity index (χ0v) is 8.98. The maximum Gasteiger partial charge on any atom is 0.152 e. The van der Waals surface area contributed by atoms with Crippen molar-refractivity contribution in [2.24, 2.45) is 0 Å². The van der Waals surface area contributed by atoms with E-state index in [9.17, 15) is 9.18 Å². The number of thiophene rings is 1. The Morgan fingerprint density at radius 3 is 2.67 bits per heavy atom. The molecular weight excluding hydrogens is 211 g/mol. The molecule has 2 rings (SSSR count). The maximum absolute atomic E-state index is 13.3. The van der Waals surface area contributed by atoms with Crippen molar-refractivity contribution in [3.05, 3.63) is 46.6 Å². The Morgan fingerprint density at radius 1 is 1.33 bits per heavy atom. The molecule has 0 fully saturated rings. The number of hydrogen-bond acceptors (Lipinski definition) is 2. The summed E-state index contributed by atoms with van der Waals surface area (Å²) in [5.41, 5.74) is 2.05. The van der Waals surface area contributed by atoms with Crippen LogP contribution in [-0.4, -0.2) is 6.29 Å². The highest BCUT2D eigenvalue weighted by atomic mass is 32.1. The number of hydrogen-bond donors (Lipinski definition) is 0. The Balaban J connectivity index is 2.52. The van der Waals surface area contributed by atoms with Crippen molar-refractivity contribution in [3.8, 4) is 10.4 Å². The summed E-state index contributed by atoms with van der Waals surface area (Å²) in [4.78, 5) is 11.5. The molecule has 0 radical (unpaired) electrons. The van der Waals surface area contributed by atoms with Crippen molar-refractivity contribution in [2.45, 2.75) is 6.92 Å². The van der Waals surface area contributed by atoms with Crippen LogP contribution < -0.4 is 0 Å². The van der Waals surface area contributed by atoms with Crippen molar-refractivity contribution in [1.82, 2.24) is 0 Å². The predicted octanol–water partition coefficient (Wildman–Crippen LogP) is 3.68. The molecule has 1 aromatic heterocycles. The Morgan fingerprint density at radius 2 is 2.13 bits per heavy atom. The molecule has 0 saturated carbocycles. The summed E-state index contributed by atoms with van der Waals surface area (Å²) in [5.74, 6) is -0.463. The number of carbonyl (C=O) groups excluding carboxylic acids is 1. The van der Waals surface area contributed by atoms with Crippen LogP contribution in [0, 0.1) is 12.7 Å². The molecule has 3 heteroatoms. The van der Waals surface area contributed by atoms with E-state index in [1.807, 2.05) is 18.4 Å². The number of aryl methyl sites for hydroxylation is 1. The molecule has 0 saturated heterocycles. The van der Waals surface area contributed by atoms with E-state index < -0.39 is 5.82 Å². The van der Waals surface area contributed by atoms with Gasteiger partial charge in [0.05, 0.1) is 5.56 Å². The molecule has 0 N–H and O–H groups in total. The molecule has 0 bridgehead atoms. The third-order valence-electron chi connectivity index (χ3n) is 2.25. The molecule has 0 spiro atoms. The lowest BCUT2D eigenvalue weighted by Crippen LogP contribution is -1.87. The Hall–Kier alpha value is -1.48. The Bertz CT molecular complexity index is 502. The quantitative estimate of drug-likeness (QED) is 0.706. The molecule has 0 aliphatic rings. The van der Waals surface area contributed by atoms with E-state index in [0.29, 0.717) is 6.29 Å². The van der Waals surface area contributed by atoms with Crippen molar-refractivity contribution in [2.75, 3.05) is 0 Å². The largest absolute Gasteiger partial charge is 0.298 e. The summed E-state index contributed by atoms with van der Waals surface area (Å²) in [5, 5.41) is 1.97. The topological polar surface area (TPSA) is 17.1 Å². The van der Waals surface area contributed by atoms with E-state index in [4.69, 9.17) is 0 Å². The van der Waals surface area contributed by atoms with E-state index in [1.165, 1.54) is 12.1 Å². The zero-order chi connectivity index (χ0) is 10.8. The van der Waals surface area contributed by atoms with Gasteiger partial charge in [-0.15, -0.1) is 11.3 Å². The van der Waals surface area contributed by atoms with Gasteiger partial charge in [0.1, 0.15) is 5.82 Å². The number of rotatable bonds is 2. The average Bonchev–Trinajstić information content (AvgIpc) is 2.64. The van der Waals surface area contributed by atoms with E-state index in [2.05, 4.69) is 0 Å². The van der Waals surface area contributed by atoms with E-state index in [0.717, 1.165) is 16.0 Å². The Kier molecular flexibility index (Phi) is 2.64. The second-order valence-corrected chi connectivity index (χ2v) is 4.20. The second kappa shape index (κ2) is 3.95. The third-order valence-corrected chi connectivity index (χ3v) is 3.32. The van der Waals surface area contributed by atoms with Crippen LogP contribution in [0.25, 0.3) is 10.4 Å². The number of aldehydes is 1. The van der Waals surface area contributed by atoms with Crippen LogP contribution >= 0.6 is 11.3 Å². The standard InChI is InChI=1S/C12H9FOS/c1-8-4-5-15-12(8)9-2-3-10(7-14)11(13)6-9/h2-7H,1H3. The van der Waals surface area contributed by atoms with Gasteiger partial charge < -0.3 is 0 Å². The van der Waals surface area contributed by atoms with Gasteiger partial charge in [0, 0.05) is 4.88 Å². The first kappa shape index (κ1) is 10.1. The van der Waals surface area contributed by atoms with Gasteiger partial charge in [0.2, 0.25) is 0 Å². The first-order valence-corrected chi connectivity index (χ1v) is 5.39. The summed E-state index contributed by atoms with van der Waals surface area (Å²) in [6.07, 6.45) is 0.528. The van der Waals surface area contributed by atoms with Crippen molar-refractivity contribution < 1.29 is 9.18 Å². The third kappa shape index (κ3) is 1.83. The lowest BCUT2D eigenvalue weighted by Gasteiger charge is -2.01. The summed E-state index contributed by atoms with van der Waals surface area (Å²) in [6, 6.07) is 6.68. The fourth-order valence-corrected chi connectivity index (χ4v) is 2.36. The minimum absolute atomic E-state index is 0.105. The molecule has 76 valence electrons. The van der Waals surface area contributed by atoms with Gasteiger partial charge in [-0.05, 0) is 41.6 Å². The first-order chi connectivity index (χ1) is 7.22. The highest BCUT2D eigenvalue weighted by Crippen LogP contribution is 2.29. The van der Waals surface area contributed by atoms with Gasteiger partial charge in [0.15, 0.2) is 6.29 Å². The van der Waals surface area contributed by atoms with E-state index >= 15 is 0 Å². The summed E-state index contributed by atoms with van der Waals surface area (Å²) < 4.78 is 13.3. The van der Waals surface area contributed by atoms with Crippen LogP contribution in [0.2, 0.25) is 0 Å². The molecule has 0 atom stereocenters. The average molecular weight is 220 g/mol. The number of benzene rings is 1. The van der Waals surface area contributed by atoms with E-state index in [1.54, 1.807) is 17.4 Å². The molecule has 1 nitrogen and oxygen atoms in total. The number of halogens is 1. The summed E-state index contributed by atoms with van der Waals surface area (Å²) in [7, 11) is 0. The van der Waals surface area contributed by atoms with Gasteiger partial charge in [-0.1, -0.05) is 6.07 Å². The highest BCUT2D eigenvalue weighted by molar-refractivity contribution is 7.13. The molecular formula is C12H9FOS. The van der Waals surface area contributed by atoms with Crippen molar-refractivity contribution in [3.63, 3.8) is 0 Å². The normalized spacial score (nSPS) is 10.3. The maximum atomic E-state index is 13.3. The van der Waals surface area contributed by atoms with Crippen LogP contribution in [0.1, 0.15) is 15.9 Å². The molecule has 15 heavy (non-hydrogen) atoms. The molecule has 0 aliphatic heterocycles. The SMILES string of the molecule is Cc1ccsc1-c1ccc(C=O)c(F)c1. The molecule has 1 aromatic carbocycles. The van der Waals surface area contributed by atoms with Crippen molar-refractivity contribution in [1.29, 1.82) is 0 Å². The fraction of sp³-hybridized carbons (Fsp3) is 0.0833. The second-order valence-electron chi connectivity index (χ2n) is 3.29. The summed E-state index contributed by atoms with van der Waals surface area (Å²) >= 11 is 1.57. The van der Waals surface area contributed by atoms with Crippen LogP contribution in [-0.2, 0) is 0 Å². The Labute approximate surface area is 91.2 Å². The van der Waals surface area contributed by atoms with Crippen molar-refractivity contribution >= 4 is 17.6 Å². The van der Waals surface area contributed by atoms with Crippen LogP contribution in [0.15, 0.2) is 29.6 Å². The first-order valence-electron chi connectivity index (χ1n) is 4.51. The van der Waals surface area contributed by atoms with Gasteiger partial charge >= 0.3 is 0 Å². The van der Waals surface area contributed by atoms with Gasteiger partial charge in [-0.25, -0.2) is 4.39 Å². The van der Waals surface area contributed by atoms with Gasteiger partial charge in [-0.3, -0.25) is 4.79 Å². The molecule has 0 amide bonds. The van der Waals surface area contributed by atoms with Crippen LogP contribution in [0.5, 0.6) is 0 Å². The molecule has 0 aliphatic carbocycles. The molecule has 0 unspecified atom stereocenters. The minimum Gasteiger partial charge on any atom is -0.298 e. The minimum atomic E-state index is -0.463. The number of carbonyl (C=O) groups is 1. The lowest BCUT2D eigenvalue weighted by molar-refractivity contribution is 0.112. The smallest absolute Gasteiger partial charge is 0.152 e. The van der Waals surface area contributed by atoms with Crippen LogP contribution in [0.4, 0.5) is 4.39 Å². The fourth-order valence-electron chi connectivity index (χ4n) is 1.43.